The number of pyridine rings is 1. The van der Waals surface area contributed by atoms with Crippen LogP contribution in [0.3, 0.4) is 0 Å². The van der Waals surface area contributed by atoms with Crippen LogP contribution < -0.4 is 4.74 Å². The smallest absolute Gasteiger partial charge is 0.409 e. The first-order valence-corrected chi connectivity index (χ1v) is 9.60. The molecule has 1 saturated heterocycles. The number of amides is 2. The van der Waals surface area contributed by atoms with Gasteiger partial charge in [0, 0.05) is 32.4 Å². The van der Waals surface area contributed by atoms with Crippen molar-refractivity contribution in [3.63, 3.8) is 0 Å². The molecule has 0 unspecified atom stereocenters. The molecular weight excluding hydrogens is 368 g/mol. The normalized spacial score (nSPS) is 14.1. The molecule has 0 spiro atoms. The zero-order chi connectivity index (χ0) is 19.2. The van der Waals surface area contributed by atoms with Gasteiger partial charge in [0.05, 0.1) is 18.5 Å². The number of nitrogens with zero attached hydrogens (tertiary/aromatic N) is 4. The predicted molar refractivity (Wildman–Crippen MR) is 99.9 cm³/mol. The summed E-state index contributed by atoms with van der Waals surface area (Å²) < 4.78 is 10.7. The molecule has 144 valence electrons. The van der Waals surface area contributed by atoms with E-state index in [-0.39, 0.29) is 12.0 Å². The number of aryl methyl sites for hydroxylation is 1. The third kappa shape index (κ3) is 4.73. The Morgan fingerprint density at radius 2 is 1.96 bits per heavy atom. The van der Waals surface area contributed by atoms with Gasteiger partial charge in [-0.15, -0.1) is 11.3 Å². The van der Waals surface area contributed by atoms with Crippen molar-refractivity contribution in [2.75, 3.05) is 32.8 Å². The van der Waals surface area contributed by atoms with Crippen molar-refractivity contribution < 1.29 is 19.1 Å². The number of carbonyl (C=O) groups excluding carboxylic acids is 2. The second-order valence-electron chi connectivity index (χ2n) is 5.98. The molecule has 2 amide bonds. The number of aromatic nitrogens is 2. The van der Waals surface area contributed by atoms with E-state index in [1.165, 1.54) is 11.3 Å². The summed E-state index contributed by atoms with van der Waals surface area (Å²) in [7, 11) is 0. The van der Waals surface area contributed by atoms with Gasteiger partial charge in [-0.25, -0.2) is 9.78 Å². The molecule has 8 nitrogen and oxygen atoms in total. The van der Waals surface area contributed by atoms with Gasteiger partial charge in [0.25, 0.3) is 5.91 Å². The van der Waals surface area contributed by atoms with E-state index in [2.05, 4.69) is 9.97 Å². The highest BCUT2D eigenvalue weighted by molar-refractivity contribution is 7.13. The molecule has 1 aliphatic heterocycles. The monoisotopic (exact) mass is 390 g/mol. The van der Waals surface area contributed by atoms with E-state index in [0.717, 1.165) is 5.01 Å². The van der Waals surface area contributed by atoms with Crippen LogP contribution in [0.2, 0.25) is 0 Å². The Hall–Kier alpha value is -2.68. The number of hydrogen-bond acceptors (Lipinski definition) is 7. The van der Waals surface area contributed by atoms with E-state index in [4.69, 9.17) is 9.47 Å². The highest BCUT2D eigenvalue weighted by atomic mass is 32.1. The number of piperazine rings is 1. The molecule has 0 saturated carbocycles. The number of rotatable bonds is 5. The van der Waals surface area contributed by atoms with Crippen molar-refractivity contribution in [1.29, 1.82) is 0 Å². The van der Waals surface area contributed by atoms with Crippen molar-refractivity contribution in [2.24, 2.45) is 0 Å². The lowest BCUT2D eigenvalue weighted by molar-refractivity contribution is 0.0573. The zero-order valence-electron chi connectivity index (χ0n) is 15.4. The number of ether oxygens (including phenoxy) is 2. The summed E-state index contributed by atoms with van der Waals surface area (Å²) in [6.45, 7) is 6.15. The molecule has 3 rings (SSSR count). The van der Waals surface area contributed by atoms with Crippen molar-refractivity contribution in [3.05, 3.63) is 40.1 Å². The lowest BCUT2D eigenvalue weighted by Crippen LogP contribution is -2.50. The number of hydrogen-bond donors (Lipinski definition) is 0. The summed E-state index contributed by atoms with van der Waals surface area (Å²) in [5, 5.41) is 0.741. The predicted octanol–water partition coefficient (Wildman–Crippen LogP) is 2.34. The second-order valence-corrected chi connectivity index (χ2v) is 7.06. The fourth-order valence-electron chi connectivity index (χ4n) is 2.74. The van der Waals surface area contributed by atoms with E-state index in [1.807, 2.05) is 13.0 Å². The summed E-state index contributed by atoms with van der Waals surface area (Å²) in [6.07, 6.45) is 2.99. The topological polar surface area (TPSA) is 84.9 Å². The molecule has 1 fully saturated rings. The summed E-state index contributed by atoms with van der Waals surface area (Å²) in [5.41, 5.74) is 0.697. The van der Waals surface area contributed by atoms with Crippen LogP contribution in [0.15, 0.2) is 24.5 Å². The van der Waals surface area contributed by atoms with E-state index >= 15 is 0 Å². The van der Waals surface area contributed by atoms with Crippen LogP contribution in [-0.2, 0) is 11.3 Å². The van der Waals surface area contributed by atoms with Crippen molar-refractivity contribution in [3.8, 4) is 5.75 Å². The van der Waals surface area contributed by atoms with Crippen LogP contribution in [-0.4, -0.2) is 64.6 Å². The van der Waals surface area contributed by atoms with Gasteiger partial charge in [-0.2, -0.15) is 0 Å². The van der Waals surface area contributed by atoms with Gasteiger partial charge in [-0.1, -0.05) is 0 Å². The summed E-state index contributed by atoms with van der Waals surface area (Å²) in [5.74, 6) is 0.606. The molecule has 27 heavy (non-hydrogen) atoms. The molecule has 0 atom stereocenters. The van der Waals surface area contributed by atoms with Crippen LogP contribution >= 0.6 is 11.3 Å². The first-order valence-electron chi connectivity index (χ1n) is 8.78. The first kappa shape index (κ1) is 19.1. The molecule has 2 aromatic rings. The lowest BCUT2D eigenvalue weighted by atomic mass is 10.3. The molecule has 9 heteroatoms. The Bertz CT molecular complexity index is 788. The fraction of sp³-hybridized carbons (Fsp3) is 0.444. The molecule has 0 bridgehead atoms. The van der Waals surface area contributed by atoms with E-state index in [0.29, 0.717) is 55.7 Å². The minimum absolute atomic E-state index is 0.0545. The molecule has 0 aliphatic carbocycles. The Morgan fingerprint density at radius 3 is 2.63 bits per heavy atom. The number of carbonyl (C=O) groups is 2. The van der Waals surface area contributed by atoms with E-state index < -0.39 is 0 Å². The van der Waals surface area contributed by atoms with Gasteiger partial charge in [-0.05, 0) is 26.0 Å². The minimum Gasteiger partial charge on any atom is -0.485 e. The van der Waals surface area contributed by atoms with Crippen LogP contribution in [0.1, 0.15) is 27.3 Å². The van der Waals surface area contributed by atoms with E-state index in [9.17, 15) is 9.59 Å². The van der Waals surface area contributed by atoms with Crippen LogP contribution in [0, 0.1) is 6.92 Å². The Labute approximate surface area is 161 Å². The average molecular weight is 390 g/mol. The average Bonchev–Trinajstić information content (AvgIpc) is 3.07. The highest BCUT2D eigenvalue weighted by Crippen LogP contribution is 2.22. The molecular formula is C18H22N4O4S. The molecule has 1 aliphatic rings. The minimum atomic E-state index is -0.326. The zero-order valence-corrected chi connectivity index (χ0v) is 16.2. The second kappa shape index (κ2) is 8.81. The Morgan fingerprint density at radius 1 is 1.22 bits per heavy atom. The molecule has 0 radical (unpaired) electrons. The molecule has 3 heterocycles. The Balaban J connectivity index is 1.57. The fourth-order valence-corrected chi connectivity index (χ4v) is 3.69. The highest BCUT2D eigenvalue weighted by Gasteiger charge is 2.27. The third-order valence-corrected chi connectivity index (χ3v) is 5.24. The summed E-state index contributed by atoms with van der Waals surface area (Å²) >= 11 is 1.34. The molecule has 0 aromatic carbocycles. The summed E-state index contributed by atoms with van der Waals surface area (Å²) in [4.78, 5) is 37.0. The van der Waals surface area contributed by atoms with Crippen molar-refractivity contribution in [2.45, 2.75) is 20.5 Å². The molecule has 2 aromatic heterocycles. The lowest BCUT2D eigenvalue weighted by Gasteiger charge is -2.33. The van der Waals surface area contributed by atoms with Crippen LogP contribution in [0.4, 0.5) is 4.79 Å². The SMILES string of the molecule is CCOC(=O)N1CCN(C(=O)c2sc(COc3cccnc3)nc2C)CC1. The van der Waals surface area contributed by atoms with Gasteiger partial charge < -0.3 is 19.3 Å². The van der Waals surface area contributed by atoms with Gasteiger partial charge in [-0.3, -0.25) is 9.78 Å². The summed E-state index contributed by atoms with van der Waals surface area (Å²) in [6, 6.07) is 3.62. The first-order chi connectivity index (χ1) is 13.1. The van der Waals surface area contributed by atoms with Crippen LogP contribution in [0.5, 0.6) is 5.75 Å². The van der Waals surface area contributed by atoms with E-state index in [1.54, 1.807) is 35.2 Å². The van der Waals surface area contributed by atoms with Crippen molar-refractivity contribution in [1.82, 2.24) is 19.8 Å². The number of thiazole rings is 1. The maximum atomic E-state index is 12.8. The van der Waals surface area contributed by atoms with Crippen LogP contribution in [0.25, 0.3) is 0 Å². The van der Waals surface area contributed by atoms with Gasteiger partial charge in [0.1, 0.15) is 22.2 Å². The maximum Gasteiger partial charge on any atom is 0.409 e. The van der Waals surface area contributed by atoms with Gasteiger partial charge in [0.15, 0.2) is 0 Å². The molecule has 0 N–H and O–H groups in total. The quantitative estimate of drug-likeness (QED) is 0.779. The standard InChI is InChI=1S/C18H22N4O4S/c1-3-25-18(24)22-9-7-21(8-10-22)17(23)16-13(2)20-15(27-16)12-26-14-5-4-6-19-11-14/h4-6,11H,3,7-10,12H2,1-2H3. The van der Waals surface area contributed by atoms with Gasteiger partial charge >= 0.3 is 6.09 Å². The maximum absolute atomic E-state index is 12.8. The van der Waals surface area contributed by atoms with Gasteiger partial charge in [0.2, 0.25) is 0 Å². The third-order valence-electron chi connectivity index (χ3n) is 4.12. The Kier molecular flexibility index (Phi) is 6.23. The largest absolute Gasteiger partial charge is 0.485 e. The van der Waals surface area contributed by atoms with Crippen molar-refractivity contribution >= 4 is 23.3 Å².